The number of nitrogens with two attached hydrogens (primary N) is 1. The highest BCUT2D eigenvalue weighted by atomic mass is 16.5. The molecule has 0 aromatic heterocycles. The average Bonchev–Trinajstić information content (AvgIpc) is 2.91. The van der Waals surface area contributed by atoms with Crippen LogP contribution >= 0.6 is 0 Å². The molecule has 1 atom stereocenters. The molecule has 1 aromatic rings. The molecule has 1 aromatic carbocycles. The van der Waals surface area contributed by atoms with Crippen LogP contribution in [0.2, 0.25) is 0 Å². The monoisotopic (exact) mass is 277 g/mol. The van der Waals surface area contributed by atoms with Crippen molar-refractivity contribution in [1.82, 2.24) is 4.90 Å². The van der Waals surface area contributed by atoms with E-state index in [0.717, 1.165) is 31.7 Å². The first kappa shape index (κ1) is 14.8. The molecule has 110 valence electrons. The maximum absolute atomic E-state index is 12.2. The van der Waals surface area contributed by atoms with Crippen LogP contribution in [0.15, 0.2) is 24.3 Å². The van der Waals surface area contributed by atoms with Crippen LogP contribution in [0.4, 0.5) is 11.4 Å². The molecule has 1 unspecified atom stereocenters. The van der Waals surface area contributed by atoms with Gasteiger partial charge in [-0.25, -0.2) is 0 Å². The summed E-state index contributed by atoms with van der Waals surface area (Å²) in [6, 6.07) is 7.31. The van der Waals surface area contributed by atoms with Crippen molar-refractivity contribution in [3.8, 4) is 0 Å². The number of benzene rings is 1. The SMILES string of the molecule is CN(CC(=O)N(C)c1ccc(N)cc1)CC1CCCO1. The molecule has 1 aliphatic rings. The van der Waals surface area contributed by atoms with Gasteiger partial charge in [-0.2, -0.15) is 0 Å². The van der Waals surface area contributed by atoms with Crippen molar-refractivity contribution in [2.24, 2.45) is 0 Å². The molecule has 1 aliphatic heterocycles. The van der Waals surface area contributed by atoms with E-state index in [9.17, 15) is 4.79 Å². The zero-order valence-corrected chi connectivity index (χ0v) is 12.2. The van der Waals surface area contributed by atoms with Crippen LogP contribution < -0.4 is 10.6 Å². The van der Waals surface area contributed by atoms with Gasteiger partial charge in [-0.15, -0.1) is 0 Å². The van der Waals surface area contributed by atoms with Crippen molar-refractivity contribution in [3.05, 3.63) is 24.3 Å². The Bertz CT molecular complexity index is 441. The van der Waals surface area contributed by atoms with Crippen molar-refractivity contribution in [3.63, 3.8) is 0 Å². The molecular formula is C15H23N3O2. The third-order valence-corrected chi connectivity index (χ3v) is 3.60. The fraction of sp³-hybridized carbons (Fsp3) is 0.533. The third-order valence-electron chi connectivity index (χ3n) is 3.60. The van der Waals surface area contributed by atoms with Gasteiger partial charge in [0.1, 0.15) is 0 Å². The van der Waals surface area contributed by atoms with E-state index < -0.39 is 0 Å². The summed E-state index contributed by atoms with van der Waals surface area (Å²) in [6.07, 6.45) is 2.49. The van der Waals surface area contributed by atoms with Gasteiger partial charge in [0, 0.05) is 31.6 Å². The topological polar surface area (TPSA) is 58.8 Å². The van der Waals surface area contributed by atoms with Crippen LogP contribution in [0.25, 0.3) is 0 Å². The number of carbonyl (C=O) groups excluding carboxylic acids is 1. The van der Waals surface area contributed by atoms with E-state index in [4.69, 9.17) is 10.5 Å². The second-order valence-corrected chi connectivity index (χ2v) is 5.38. The van der Waals surface area contributed by atoms with Crippen LogP contribution in [0, 0.1) is 0 Å². The maximum atomic E-state index is 12.2. The second kappa shape index (κ2) is 6.72. The largest absolute Gasteiger partial charge is 0.399 e. The Morgan fingerprint density at radius 3 is 2.65 bits per heavy atom. The average molecular weight is 277 g/mol. The van der Waals surface area contributed by atoms with E-state index in [1.54, 1.807) is 24.1 Å². The molecule has 0 spiro atoms. The lowest BCUT2D eigenvalue weighted by Gasteiger charge is -2.23. The number of ether oxygens (including phenoxy) is 1. The van der Waals surface area contributed by atoms with Crippen molar-refractivity contribution < 1.29 is 9.53 Å². The minimum absolute atomic E-state index is 0.0651. The maximum Gasteiger partial charge on any atom is 0.240 e. The summed E-state index contributed by atoms with van der Waals surface area (Å²) in [4.78, 5) is 15.9. The lowest BCUT2D eigenvalue weighted by atomic mass is 10.2. The van der Waals surface area contributed by atoms with Crippen LogP contribution in [0.5, 0.6) is 0 Å². The molecule has 1 fully saturated rings. The lowest BCUT2D eigenvalue weighted by molar-refractivity contribution is -0.119. The number of hydrogen-bond acceptors (Lipinski definition) is 4. The van der Waals surface area contributed by atoms with Crippen LogP contribution in [-0.4, -0.2) is 50.7 Å². The van der Waals surface area contributed by atoms with Gasteiger partial charge >= 0.3 is 0 Å². The van der Waals surface area contributed by atoms with E-state index in [0.29, 0.717) is 12.2 Å². The Morgan fingerprint density at radius 2 is 2.05 bits per heavy atom. The van der Waals surface area contributed by atoms with Crippen molar-refractivity contribution in [1.29, 1.82) is 0 Å². The Hall–Kier alpha value is -1.59. The normalized spacial score (nSPS) is 18.4. The molecule has 5 nitrogen and oxygen atoms in total. The lowest BCUT2D eigenvalue weighted by Crippen LogP contribution is -2.39. The van der Waals surface area contributed by atoms with Gasteiger partial charge in [0.25, 0.3) is 0 Å². The van der Waals surface area contributed by atoms with Gasteiger partial charge in [0.2, 0.25) is 5.91 Å². The number of hydrogen-bond donors (Lipinski definition) is 1. The Morgan fingerprint density at radius 1 is 1.35 bits per heavy atom. The van der Waals surface area contributed by atoms with E-state index in [1.165, 1.54) is 0 Å². The highest BCUT2D eigenvalue weighted by Crippen LogP contribution is 2.16. The van der Waals surface area contributed by atoms with Crippen LogP contribution in [-0.2, 0) is 9.53 Å². The molecular weight excluding hydrogens is 254 g/mol. The fourth-order valence-corrected chi connectivity index (χ4v) is 2.38. The number of rotatable bonds is 5. The predicted octanol–water partition coefficient (Wildman–Crippen LogP) is 1.34. The third kappa shape index (κ3) is 3.95. The highest BCUT2D eigenvalue weighted by molar-refractivity contribution is 5.94. The first-order valence-electron chi connectivity index (χ1n) is 6.98. The van der Waals surface area contributed by atoms with Crippen LogP contribution in [0.3, 0.4) is 0 Å². The van der Waals surface area contributed by atoms with Gasteiger partial charge in [-0.3, -0.25) is 9.69 Å². The number of nitrogen functional groups attached to an aromatic ring is 1. The standard InChI is InChI=1S/C15H23N3O2/c1-17(10-14-4-3-9-20-14)11-15(19)18(2)13-7-5-12(16)6-8-13/h5-8,14H,3-4,9-11,16H2,1-2H3. The number of amides is 1. The van der Waals surface area contributed by atoms with Crippen LogP contribution in [0.1, 0.15) is 12.8 Å². The summed E-state index contributed by atoms with van der Waals surface area (Å²) in [5, 5.41) is 0. The van der Waals surface area contributed by atoms with E-state index >= 15 is 0 Å². The molecule has 2 N–H and O–H groups in total. The number of likely N-dealkylation sites (N-methyl/N-ethyl adjacent to an activating group) is 2. The molecule has 0 bridgehead atoms. The molecule has 0 aliphatic carbocycles. The van der Waals surface area contributed by atoms with Gasteiger partial charge in [0.05, 0.1) is 12.6 Å². The molecule has 5 heteroatoms. The first-order chi connectivity index (χ1) is 9.56. The van der Waals surface area contributed by atoms with Crippen molar-refractivity contribution >= 4 is 17.3 Å². The first-order valence-corrected chi connectivity index (χ1v) is 6.98. The van der Waals surface area contributed by atoms with E-state index in [-0.39, 0.29) is 12.0 Å². The van der Waals surface area contributed by atoms with Gasteiger partial charge in [-0.05, 0) is 44.2 Å². The molecule has 0 radical (unpaired) electrons. The Labute approximate surface area is 120 Å². The molecule has 2 rings (SSSR count). The summed E-state index contributed by atoms with van der Waals surface area (Å²) in [5.74, 6) is 0.0651. The highest BCUT2D eigenvalue weighted by Gasteiger charge is 2.20. The summed E-state index contributed by atoms with van der Waals surface area (Å²) in [6.45, 7) is 2.04. The summed E-state index contributed by atoms with van der Waals surface area (Å²) < 4.78 is 5.58. The molecule has 1 heterocycles. The van der Waals surface area contributed by atoms with Gasteiger partial charge < -0.3 is 15.4 Å². The number of anilines is 2. The second-order valence-electron chi connectivity index (χ2n) is 5.38. The quantitative estimate of drug-likeness (QED) is 0.825. The smallest absolute Gasteiger partial charge is 0.240 e. The van der Waals surface area contributed by atoms with Crippen molar-refractivity contribution in [2.45, 2.75) is 18.9 Å². The molecule has 1 saturated heterocycles. The zero-order valence-electron chi connectivity index (χ0n) is 12.2. The summed E-state index contributed by atoms with van der Waals surface area (Å²) >= 11 is 0. The van der Waals surface area contributed by atoms with E-state index in [1.807, 2.05) is 24.1 Å². The zero-order chi connectivity index (χ0) is 14.5. The predicted molar refractivity (Wildman–Crippen MR) is 80.7 cm³/mol. The minimum Gasteiger partial charge on any atom is -0.399 e. The Kier molecular flexibility index (Phi) is 4.98. The van der Waals surface area contributed by atoms with Crippen molar-refractivity contribution in [2.75, 3.05) is 44.4 Å². The summed E-state index contributed by atoms with van der Waals surface area (Å²) in [5.41, 5.74) is 7.20. The fourth-order valence-electron chi connectivity index (χ4n) is 2.38. The minimum atomic E-state index is 0.0651. The number of nitrogens with zero attached hydrogens (tertiary/aromatic N) is 2. The molecule has 1 amide bonds. The summed E-state index contributed by atoms with van der Waals surface area (Å²) in [7, 11) is 3.74. The van der Waals surface area contributed by atoms with E-state index in [2.05, 4.69) is 0 Å². The van der Waals surface area contributed by atoms with Gasteiger partial charge in [0.15, 0.2) is 0 Å². The Balaban J connectivity index is 1.85. The van der Waals surface area contributed by atoms with Gasteiger partial charge in [-0.1, -0.05) is 0 Å². The number of carbonyl (C=O) groups is 1. The molecule has 0 saturated carbocycles. The molecule has 20 heavy (non-hydrogen) atoms.